The van der Waals surface area contributed by atoms with Crippen molar-refractivity contribution in [2.45, 2.75) is 17.0 Å². The molecule has 1 unspecified atom stereocenters. The maximum absolute atomic E-state index is 11.5. The number of fused-ring (bicyclic) bond motifs is 1. The monoisotopic (exact) mass is 380 g/mol. The number of para-hydroxylation sites is 1. The number of aromatic nitrogens is 3. The number of aromatic hydroxyl groups is 1. The number of carbonyl (C=O) groups is 1. The average Bonchev–Trinajstić information content (AvgIpc) is 3.10. The lowest BCUT2D eigenvalue weighted by Gasteiger charge is -2.22. The van der Waals surface area contributed by atoms with Crippen molar-refractivity contribution in [2.24, 2.45) is 0 Å². The fraction of sp³-hybridized carbons (Fsp3) is 0.105. The fourth-order valence-electron chi connectivity index (χ4n) is 2.84. The number of carboxylic acids is 1. The van der Waals surface area contributed by atoms with Crippen LogP contribution in [0.2, 0.25) is 0 Å². The third-order valence-electron chi connectivity index (χ3n) is 4.14. The zero-order valence-corrected chi connectivity index (χ0v) is 14.9. The lowest BCUT2D eigenvalue weighted by Crippen LogP contribution is -2.24. The van der Waals surface area contributed by atoms with Gasteiger partial charge in [0, 0.05) is 11.3 Å². The maximum Gasteiger partial charge on any atom is 0.352 e. The van der Waals surface area contributed by atoms with Crippen molar-refractivity contribution >= 4 is 23.7 Å². The summed E-state index contributed by atoms with van der Waals surface area (Å²) in [4.78, 5) is 15.9. The Bertz CT molecular complexity index is 1020. The molecule has 8 heteroatoms. The number of anilines is 1. The molecule has 3 aromatic rings. The molecular formula is C19H16N4O3S. The summed E-state index contributed by atoms with van der Waals surface area (Å²) in [6, 6.07) is 16.2. The first-order valence-corrected chi connectivity index (χ1v) is 9.23. The Kier molecular flexibility index (Phi) is 4.55. The Balaban J connectivity index is 1.66. The second kappa shape index (κ2) is 7.16. The predicted octanol–water partition coefficient (Wildman–Crippen LogP) is 3.26. The van der Waals surface area contributed by atoms with Crippen LogP contribution in [0.3, 0.4) is 0 Å². The lowest BCUT2D eigenvalue weighted by molar-refractivity contribution is -0.132. The molecule has 27 heavy (non-hydrogen) atoms. The van der Waals surface area contributed by atoms with Crippen molar-refractivity contribution < 1.29 is 15.0 Å². The van der Waals surface area contributed by atoms with E-state index in [2.05, 4.69) is 15.4 Å². The van der Waals surface area contributed by atoms with Crippen LogP contribution in [-0.4, -0.2) is 30.9 Å². The number of nitrogens with zero attached hydrogens (tertiary/aromatic N) is 3. The molecule has 2 heterocycles. The van der Waals surface area contributed by atoms with E-state index in [1.807, 2.05) is 30.3 Å². The number of nitrogens with one attached hydrogen (secondary N) is 1. The molecule has 4 rings (SSSR count). The van der Waals surface area contributed by atoms with Gasteiger partial charge in [0.2, 0.25) is 11.1 Å². The maximum atomic E-state index is 11.5. The van der Waals surface area contributed by atoms with E-state index in [4.69, 9.17) is 0 Å². The molecule has 1 aliphatic rings. The summed E-state index contributed by atoms with van der Waals surface area (Å²) in [5.41, 5.74) is 1.70. The molecule has 1 aromatic heterocycles. The average molecular weight is 380 g/mol. The number of hydrogen-bond acceptors (Lipinski definition) is 6. The molecule has 0 spiro atoms. The highest BCUT2D eigenvalue weighted by Crippen LogP contribution is 2.34. The van der Waals surface area contributed by atoms with Crippen molar-refractivity contribution in [1.82, 2.24) is 14.8 Å². The van der Waals surface area contributed by atoms with Crippen LogP contribution in [0.25, 0.3) is 0 Å². The number of aliphatic carboxylic acids is 1. The van der Waals surface area contributed by atoms with Gasteiger partial charge in [0.15, 0.2) is 0 Å². The highest BCUT2D eigenvalue weighted by Gasteiger charge is 2.28. The van der Waals surface area contributed by atoms with Crippen LogP contribution in [0.1, 0.15) is 17.2 Å². The van der Waals surface area contributed by atoms with Crippen LogP contribution >= 0.6 is 11.8 Å². The molecule has 2 aromatic carbocycles. The molecule has 0 saturated carbocycles. The predicted molar refractivity (Wildman–Crippen MR) is 102 cm³/mol. The van der Waals surface area contributed by atoms with Crippen molar-refractivity contribution in [2.75, 3.05) is 5.32 Å². The zero-order valence-electron chi connectivity index (χ0n) is 14.1. The minimum Gasteiger partial charge on any atom is -0.508 e. The van der Waals surface area contributed by atoms with E-state index < -0.39 is 12.0 Å². The van der Waals surface area contributed by atoms with Crippen LogP contribution < -0.4 is 5.32 Å². The van der Waals surface area contributed by atoms with Crippen LogP contribution in [0.4, 0.5) is 5.95 Å². The van der Waals surface area contributed by atoms with E-state index in [0.29, 0.717) is 22.4 Å². The number of phenolic OH excluding ortho intramolecular Hbond substituents is 1. The first-order chi connectivity index (χ1) is 13.1. The molecule has 0 bridgehead atoms. The summed E-state index contributed by atoms with van der Waals surface area (Å²) >= 11 is 1.46. The minimum atomic E-state index is -1.09. The van der Waals surface area contributed by atoms with Gasteiger partial charge in [0.1, 0.15) is 17.5 Å². The molecular weight excluding hydrogens is 364 g/mol. The van der Waals surface area contributed by atoms with E-state index in [-0.39, 0.29) is 11.4 Å². The van der Waals surface area contributed by atoms with Crippen molar-refractivity contribution in [3.05, 3.63) is 77.5 Å². The number of allylic oxidation sites excluding steroid dienone is 1. The molecule has 136 valence electrons. The van der Waals surface area contributed by atoms with Gasteiger partial charge in [0.25, 0.3) is 0 Å². The quantitative estimate of drug-likeness (QED) is 0.584. The number of thioether (sulfide) groups is 1. The second-order valence-corrected chi connectivity index (χ2v) is 6.89. The van der Waals surface area contributed by atoms with Crippen LogP contribution in [0, 0.1) is 0 Å². The standard InChI is InChI=1S/C19H16N4O3S/c24-16-9-5-4-8-13(16)15-10-14(17(25)26)20-18-21-19(22-23(15)18)27-11-12-6-2-1-3-7-12/h1-10,15,24H,11H2,(H,25,26)(H,20,21,22). The summed E-state index contributed by atoms with van der Waals surface area (Å²) in [6.45, 7) is 0. The summed E-state index contributed by atoms with van der Waals surface area (Å²) in [5, 5.41) is 27.4. The summed E-state index contributed by atoms with van der Waals surface area (Å²) < 4.78 is 1.59. The first-order valence-electron chi connectivity index (χ1n) is 8.25. The third kappa shape index (κ3) is 3.52. The van der Waals surface area contributed by atoms with E-state index >= 15 is 0 Å². The number of rotatable bonds is 5. The van der Waals surface area contributed by atoms with Gasteiger partial charge in [-0.05, 0) is 17.7 Å². The first kappa shape index (κ1) is 17.2. The Hall–Kier alpha value is -3.26. The van der Waals surface area contributed by atoms with Gasteiger partial charge in [-0.15, -0.1) is 5.10 Å². The topological polar surface area (TPSA) is 100 Å². The Morgan fingerprint density at radius 1 is 1.15 bits per heavy atom. The largest absolute Gasteiger partial charge is 0.508 e. The third-order valence-corrected chi connectivity index (χ3v) is 5.05. The van der Waals surface area contributed by atoms with Crippen LogP contribution in [0.5, 0.6) is 5.75 Å². The molecule has 0 saturated heterocycles. The molecule has 1 atom stereocenters. The fourth-order valence-corrected chi connectivity index (χ4v) is 3.63. The normalized spacial score (nSPS) is 15.6. The van der Waals surface area contributed by atoms with E-state index in [1.165, 1.54) is 17.8 Å². The molecule has 0 aliphatic carbocycles. The second-order valence-electron chi connectivity index (χ2n) is 5.95. The summed E-state index contributed by atoms with van der Waals surface area (Å²) in [6.07, 6.45) is 1.52. The number of phenols is 1. The van der Waals surface area contributed by atoms with Crippen molar-refractivity contribution in [1.29, 1.82) is 0 Å². The summed E-state index contributed by atoms with van der Waals surface area (Å²) in [5.74, 6) is 0.0114. The van der Waals surface area contributed by atoms with E-state index in [9.17, 15) is 15.0 Å². The minimum absolute atomic E-state index is 0.00256. The zero-order chi connectivity index (χ0) is 18.8. The Morgan fingerprint density at radius 2 is 1.89 bits per heavy atom. The van der Waals surface area contributed by atoms with Crippen LogP contribution in [0.15, 0.2) is 71.5 Å². The molecule has 0 radical (unpaired) electrons. The molecule has 0 amide bonds. The van der Waals surface area contributed by atoms with Gasteiger partial charge in [-0.1, -0.05) is 60.3 Å². The highest BCUT2D eigenvalue weighted by molar-refractivity contribution is 7.98. The highest BCUT2D eigenvalue weighted by atomic mass is 32.2. The smallest absolute Gasteiger partial charge is 0.352 e. The molecule has 0 fully saturated rings. The molecule has 7 nitrogen and oxygen atoms in total. The van der Waals surface area contributed by atoms with Crippen molar-refractivity contribution in [3.8, 4) is 5.75 Å². The van der Waals surface area contributed by atoms with Crippen molar-refractivity contribution in [3.63, 3.8) is 0 Å². The Morgan fingerprint density at radius 3 is 2.63 bits per heavy atom. The SMILES string of the molecule is O=C(O)C1=CC(c2ccccc2O)n2nc(SCc3ccccc3)nc2N1. The van der Waals surface area contributed by atoms with Gasteiger partial charge in [0.05, 0.1) is 0 Å². The van der Waals surface area contributed by atoms with E-state index in [0.717, 1.165) is 5.56 Å². The number of benzene rings is 2. The van der Waals surface area contributed by atoms with Gasteiger partial charge in [-0.25, -0.2) is 9.48 Å². The number of carboxylic acid groups (broad SMARTS) is 1. The van der Waals surface area contributed by atoms with Gasteiger partial charge < -0.3 is 15.5 Å². The molecule has 3 N–H and O–H groups in total. The van der Waals surface area contributed by atoms with Gasteiger partial charge in [-0.3, -0.25) is 0 Å². The lowest BCUT2D eigenvalue weighted by atomic mass is 10.0. The van der Waals surface area contributed by atoms with Gasteiger partial charge in [-0.2, -0.15) is 4.98 Å². The summed E-state index contributed by atoms with van der Waals surface area (Å²) in [7, 11) is 0. The van der Waals surface area contributed by atoms with E-state index in [1.54, 1.807) is 28.9 Å². The number of hydrogen-bond donors (Lipinski definition) is 3. The van der Waals surface area contributed by atoms with Gasteiger partial charge >= 0.3 is 5.97 Å². The van der Waals surface area contributed by atoms with Crippen LogP contribution in [-0.2, 0) is 10.5 Å². The molecule has 1 aliphatic heterocycles. The Labute approximate surface area is 159 Å².